The van der Waals surface area contributed by atoms with E-state index in [1.807, 2.05) is 55.5 Å². The third-order valence-corrected chi connectivity index (χ3v) is 5.56. The molecule has 154 valence electrons. The Labute approximate surface area is 189 Å². The van der Waals surface area contributed by atoms with Crippen LogP contribution in [-0.4, -0.2) is 22.8 Å². The molecule has 0 aliphatic rings. The number of fused-ring (bicyclic) bond motifs is 1. The highest BCUT2D eigenvalue weighted by atomic mass is 79.9. The van der Waals surface area contributed by atoms with Gasteiger partial charge in [0.05, 0.1) is 16.8 Å². The van der Waals surface area contributed by atoms with Crippen LogP contribution in [0.15, 0.2) is 83.3 Å². The number of Topliss-reactive ketones (excluding diaryl/α,β-unsaturated/α-hetero) is 1. The second kappa shape index (κ2) is 8.82. The third kappa shape index (κ3) is 4.57. The maximum absolute atomic E-state index is 13.1. The van der Waals surface area contributed by atoms with Crippen LogP contribution in [0.25, 0.3) is 22.2 Å². The average Bonchev–Trinajstić information content (AvgIpc) is 2.78. The van der Waals surface area contributed by atoms with Gasteiger partial charge in [0.2, 0.25) is 5.78 Å². The number of carbonyl (C=O) groups excluding carboxylic acids is 2. The SMILES string of the molecule is Cc1ccc2nc(-c3ccc(Br)cc3)cc(C(=O)OC(C)C(=O)c3ccccc3)c2c1. The Morgan fingerprint density at radius 3 is 2.35 bits per heavy atom. The number of halogens is 1. The number of aromatic nitrogens is 1. The summed E-state index contributed by atoms with van der Waals surface area (Å²) < 4.78 is 6.55. The van der Waals surface area contributed by atoms with Gasteiger partial charge in [-0.15, -0.1) is 0 Å². The molecular formula is C26H20BrNO3. The van der Waals surface area contributed by atoms with E-state index in [-0.39, 0.29) is 5.78 Å². The van der Waals surface area contributed by atoms with Crippen LogP contribution in [0.2, 0.25) is 0 Å². The third-order valence-electron chi connectivity index (χ3n) is 5.04. The van der Waals surface area contributed by atoms with Gasteiger partial charge >= 0.3 is 5.97 Å². The molecule has 0 aliphatic carbocycles. The summed E-state index contributed by atoms with van der Waals surface area (Å²) in [5.74, 6) is -0.787. The van der Waals surface area contributed by atoms with E-state index in [0.717, 1.165) is 15.6 Å². The largest absolute Gasteiger partial charge is 0.451 e. The Bertz CT molecular complexity index is 1270. The van der Waals surface area contributed by atoms with Gasteiger partial charge in [-0.25, -0.2) is 9.78 Å². The van der Waals surface area contributed by atoms with Crippen LogP contribution in [-0.2, 0) is 4.74 Å². The highest BCUT2D eigenvalue weighted by molar-refractivity contribution is 9.10. The first-order chi connectivity index (χ1) is 14.9. The summed E-state index contributed by atoms with van der Waals surface area (Å²) in [6.45, 7) is 3.55. The van der Waals surface area contributed by atoms with Crippen LogP contribution in [0.4, 0.5) is 0 Å². The van der Waals surface area contributed by atoms with Gasteiger partial charge in [0, 0.05) is 21.0 Å². The Hall–Kier alpha value is -3.31. The summed E-state index contributed by atoms with van der Waals surface area (Å²) in [6.07, 6.45) is -0.904. The number of hydrogen-bond donors (Lipinski definition) is 0. The van der Waals surface area contributed by atoms with Crippen molar-refractivity contribution in [3.8, 4) is 11.3 Å². The minimum Gasteiger partial charge on any atom is -0.451 e. The molecule has 1 atom stereocenters. The first kappa shape index (κ1) is 20.9. The number of ether oxygens (including phenoxy) is 1. The number of ketones is 1. The van der Waals surface area contributed by atoms with Gasteiger partial charge in [-0.05, 0) is 44.2 Å². The quantitative estimate of drug-likeness (QED) is 0.248. The normalized spacial score (nSPS) is 11.8. The van der Waals surface area contributed by atoms with Crippen molar-refractivity contribution in [1.82, 2.24) is 4.98 Å². The molecule has 0 aliphatic heterocycles. The summed E-state index contributed by atoms with van der Waals surface area (Å²) in [4.78, 5) is 30.5. The van der Waals surface area contributed by atoms with Crippen molar-refractivity contribution >= 4 is 38.6 Å². The summed E-state index contributed by atoms with van der Waals surface area (Å²) in [5.41, 5.74) is 4.15. The topological polar surface area (TPSA) is 56.3 Å². The number of carbonyl (C=O) groups is 2. The molecule has 0 saturated carbocycles. The van der Waals surface area contributed by atoms with E-state index in [4.69, 9.17) is 9.72 Å². The van der Waals surface area contributed by atoms with Crippen molar-refractivity contribution in [3.63, 3.8) is 0 Å². The number of aryl methyl sites for hydroxylation is 1. The van der Waals surface area contributed by atoms with Gasteiger partial charge in [0.15, 0.2) is 6.10 Å². The average molecular weight is 474 g/mol. The van der Waals surface area contributed by atoms with Gasteiger partial charge in [0.1, 0.15) is 0 Å². The number of rotatable bonds is 5. The summed E-state index contributed by atoms with van der Waals surface area (Å²) in [5, 5.41) is 0.699. The van der Waals surface area contributed by atoms with Crippen molar-refractivity contribution in [2.75, 3.05) is 0 Å². The minimum absolute atomic E-state index is 0.239. The molecule has 5 heteroatoms. The van der Waals surface area contributed by atoms with E-state index in [1.165, 1.54) is 0 Å². The Kier molecular flexibility index (Phi) is 5.96. The van der Waals surface area contributed by atoms with Crippen LogP contribution >= 0.6 is 15.9 Å². The van der Waals surface area contributed by atoms with Crippen molar-refractivity contribution in [2.45, 2.75) is 20.0 Å². The van der Waals surface area contributed by atoms with Crippen LogP contribution in [0.1, 0.15) is 33.2 Å². The van der Waals surface area contributed by atoms with Crippen molar-refractivity contribution in [1.29, 1.82) is 0 Å². The lowest BCUT2D eigenvalue weighted by molar-refractivity contribution is 0.0320. The molecule has 0 fully saturated rings. The second-order valence-corrected chi connectivity index (χ2v) is 8.28. The first-order valence-electron chi connectivity index (χ1n) is 9.90. The Morgan fingerprint density at radius 2 is 1.65 bits per heavy atom. The van der Waals surface area contributed by atoms with Crippen molar-refractivity contribution in [2.24, 2.45) is 0 Å². The van der Waals surface area contributed by atoms with Crippen LogP contribution in [0.3, 0.4) is 0 Å². The Balaban J connectivity index is 1.72. The predicted molar refractivity (Wildman–Crippen MR) is 125 cm³/mol. The van der Waals surface area contributed by atoms with Gasteiger partial charge in [0.25, 0.3) is 0 Å². The minimum atomic E-state index is -0.904. The maximum atomic E-state index is 13.1. The van der Waals surface area contributed by atoms with Crippen LogP contribution < -0.4 is 0 Å². The number of esters is 1. The first-order valence-corrected chi connectivity index (χ1v) is 10.7. The molecule has 0 N–H and O–H groups in total. The van der Waals surface area contributed by atoms with Crippen molar-refractivity contribution < 1.29 is 14.3 Å². The van der Waals surface area contributed by atoms with E-state index >= 15 is 0 Å². The molecule has 4 nitrogen and oxygen atoms in total. The van der Waals surface area contributed by atoms with E-state index in [2.05, 4.69) is 15.9 Å². The fourth-order valence-corrected chi connectivity index (χ4v) is 3.66. The molecular weight excluding hydrogens is 454 g/mol. The van der Waals surface area contributed by atoms with Crippen LogP contribution in [0, 0.1) is 6.92 Å². The van der Waals surface area contributed by atoms with Crippen molar-refractivity contribution in [3.05, 3.63) is 100 Å². The van der Waals surface area contributed by atoms with E-state index in [0.29, 0.717) is 27.7 Å². The maximum Gasteiger partial charge on any atom is 0.339 e. The van der Waals surface area contributed by atoms with E-state index in [1.54, 1.807) is 37.3 Å². The lowest BCUT2D eigenvalue weighted by Gasteiger charge is -2.15. The fraction of sp³-hybridized carbons (Fsp3) is 0.115. The van der Waals surface area contributed by atoms with Gasteiger partial charge in [-0.2, -0.15) is 0 Å². The lowest BCUT2D eigenvalue weighted by atomic mass is 10.0. The fourth-order valence-electron chi connectivity index (χ4n) is 3.39. The molecule has 4 aromatic rings. The molecule has 1 unspecified atom stereocenters. The van der Waals surface area contributed by atoms with E-state index < -0.39 is 12.1 Å². The number of nitrogens with zero attached hydrogens (tertiary/aromatic N) is 1. The predicted octanol–water partition coefficient (Wildman–Crippen LogP) is 6.40. The summed E-state index contributed by atoms with van der Waals surface area (Å²) in [6, 6.07) is 24.0. The smallest absolute Gasteiger partial charge is 0.339 e. The molecule has 3 aromatic carbocycles. The lowest BCUT2D eigenvalue weighted by Crippen LogP contribution is -2.24. The molecule has 1 aromatic heterocycles. The zero-order valence-corrected chi connectivity index (χ0v) is 18.7. The molecule has 4 rings (SSSR count). The molecule has 0 bridgehead atoms. The monoisotopic (exact) mass is 473 g/mol. The molecule has 0 saturated heterocycles. The van der Waals surface area contributed by atoms with Crippen LogP contribution in [0.5, 0.6) is 0 Å². The highest BCUT2D eigenvalue weighted by Crippen LogP contribution is 2.27. The zero-order chi connectivity index (χ0) is 22.0. The Morgan fingerprint density at radius 1 is 0.935 bits per heavy atom. The van der Waals surface area contributed by atoms with Gasteiger partial charge in [-0.3, -0.25) is 4.79 Å². The zero-order valence-electron chi connectivity index (χ0n) is 17.1. The van der Waals surface area contributed by atoms with Gasteiger partial charge < -0.3 is 4.74 Å². The highest BCUT2D eigenvalue weighted by Gasteiger charge is 2.22. The molecule has 31 heavy (non-hydrogen) atoms. The van der Waals surface area contributed by atoms with E-state index in [9.17, 15) is 9.59 Å². The molecule has 0 radical (unpaired) electrons. The molecule has 0 amide bonds. The standard InChI is InChI=1S/C26H20BrNO3/c1-16-8-13-23-21(14-16)22(15-24(28-23)18-9-11-20(27)12-10-18)26(30)31-17(2)25(29)19-6-4-3-5-7-19/h3-15,17H,1-2H3. The number of benzene rings is 3. The summed E-state index contributed by atoms with van der Waals surface area (Å²) in [7, 11) is 0. The number of pyridine rings is 1. The second-order valence-electron chi connectivity index (χ2n) is 7.36. The summed E-state index contributed by atoms with van der Waals surface area (Å²) >= 11 is 3.44. The molecule has 0 spiro atoms. The molecule has 1 heterocycles. The number of hydrogen-bond acceptors (Lipinski definition) is 4. The van der Waals surface area contributed by atoms with Gasteiger partial charge in [-0.1, -0.05) is 70.0 Å².